The first kappa shape index (κ1) is 10.1. The fraction of sp³-hybridized carbons (Fsp3) is 1.00. The van der Waals surface area contributed by atoms with Crippen molar-refractivity contribution in [2.75, 3.05) is 0 Å². The van der Waals surface area contributed by atoms with Gasteiger partial charge in [-0.25, -0.2) is 0 Å². The van der Waals surface area contributed by atoms with Crippen molar-refractivity contribution in [1.29, 1.82) is 0 Å². The summed E-state index contributed by atoms with van der Waals surface area (Å²) in [6.07, 6.45) is 11.8. The largest absolute Gasteiger partial charge is 0.0654 e. The minimum atomic E-state index is 1.14. The molecule has 1 rings (SSSR count). The average molecular weight is 168 g/mol. The van der Waals surface area contributed by atoms with Crippen LogP contribution in [0.1, 0.15) is 65.2 Å². The molecule has 0 radical (unpaired) electrons. The van der Waals surface area contributed by atoms with E-state index in [0.717, 1.165) is 11.8 Å². The quantitative estimate of drug-likeness (QED) is 0.494. The fourth-order valence-electron chi connectivity index (χ4n) is 2.14. The number of hydrogen-bond acceptors (Lipinski definition) is 0. The van der Waals surface area contributed by atoms with Crippen molar-refractivity contribution >= 4 is 0 Å². The summed E-state index contributed by atoms with van der Waals surface area (Å²) in [5, 5.41) is 0. The van der Waals surface area contributed by atoms with Crippen LogP contribution in [-0.2, 0) is 0 Å². The topological polar surface area (TPSA) is 0 Å². The van der Waals surface area contributed by atoms with E-state index in [-0.39, 0.29) is 0 Å². The van der Waals surface area contributed by atoms with Crippen LogP contribution >= 0.6 is 0 Å². The van der Waals surface area contributed by atoms with Crippen molar-refractivity contribution < 1.29 is 0 Å². The molecule has 0 aromatic rings. The normalized spacial score (nSPS) is 27.5. The molecule has 72 valence electrons. The van der Waals surface area contributed by atoms with Crippen molar-refractivity contribution in [2.45, 2.75) is 65.2 Å². The second-order valence-corrected chi connectivity index (χ2v) is 4.39. The molecule has 0 saturated heterocycles. The first-order valence-electron chi connectivity index (χ1n) is 5.88. The molecule has 0 spiro atoms. The Morgan fingerprint density at radius 2 is 1.42 bits per heavy atom. The highest BCUT2D eigenvalue weighted by molar-refractivity contribution is 4.85. The third-order valence-electron chi connectivity index (χ3n) is 3.18. The van der Waals surface area contributed by atoms with Crippen LogP contribution in [0.15, 0.2) is 0 Å². The Bertz CT molecular complexity index is 107. The molecular weight excluding hydrogens is 144 g/mol. The van der Waals surface area contributed by atoms with E-state index in [2.05, 4.69) is 13.8 Å². The number of unbranched alkanes of at least 4 members (excludes halogenated alkanes) is 3. The Labute approximate surface area is 77.7 Å². The molecule has 0 heterocycles. The predicted octanol–water partition coefficient (Wildman–Crippen LogP) is 4.39. The minimum Gasteiger partial charge on any atom is -0.0654 e. The fourth-order valence-corrected chi connectivity index (χ4v) is 2.14. The van der Waals surface area contributed by atoms with Gasteiger partial charge in [-0.3, -0.25) is 0 Å². The summed E-state index contributed by atoms with van der Waals surface area (Å²) in [5.74, 6) is 2.28. The Morgan fingerprint density at radius 3 is 2.00 bits per heavy atom. The first-order valence-corrected chi connectivity index (χ1v) is 5.88. The molecule has 0 nitrogen and oxygen atoms in total. The summed E-state index contributed by atoms with van der Waals surface area (Å²) in [4.78, 5) is 0. The van der Waals surface area contributed by atoms with Gasteiger partial charge in [0.2, 0.25) is 0 Å². The summed E-state index contributed by atoms with van der Waals surface area (Å²) in [5.41, 5.74) is 0. The minimum absolute atomic E-state index is 1.14. The van der Waals surface area contributed by atoms with Crippen LogP contribution in [0.3, 0.4) is 0 Å². The van der Waals surface area contributed by atoms with E-state index in [1.54, 1.807) is 6.42 Å². The predicted molar refractivity (Wildman–Crippen MR) is 55.3 cm³/mol. The van der Waals surface area contributed by atoms with Crippen molar-refractivity contribution in [2.24, 2.45) is 11.8 Å². The molecule has 0 bridgehead atoms. The molecule has 1 saturated carbocycles. The first-order chi connectivity index (χ1) is 5.88. The maximum Gasteiger partial charge on any atom is -0.0383 e. The third kappa shape index (κ3) is 3.60. The second-order valence-electron chi connectivity index (χ2n) is 4.39. The van der Waals surface area contributed by atoms with Gasteiger partial charge in [-0.05, 0) is 18.3 Å². The van der Waals surface area contributed by atoms with Gasteiger partial charge in [0.1, 0.15) is 0 Å². The molecule has 0 heteroatoms. The van der Waals surface area contributed by atoms with Gasteiger partial charge in [0.25, 0.3) is 0 Å². The van der Waals surface area contributed by atoms with E-state index < -0.39 is 0 Å². The van der Waals surface area contributed by atoms with Gasteiger partial charge in [-0.15, -0.1) is 0 Å². The van der Waals surface area contributed by atoms with Crippen LogP contribution in [0, 0.1) is 11.8 Å². The van der Waals surface area contributed by atoms with E-state index >= 15 is 0 Å². The van der Waals surface area contributed by atoms with Crippen LogP contribution in [0.4, 0.5) is 0 Å². The van der Waals surface area contributed by atoms with E-state index in [4.69, 9.17) is 0 Å². The summed E-state index contributed by atoms with van der Waals surface area (Å²) in [6.45, 7) is 4.59. The van der Waals surface area contributed by atoms with Crippen LogP contribution in [0.25, 0.3) is 0 Å². The molecule has 12 heavy (non-hydrogen) atoms. The Morgan fingerprint density at radius 1 is 0.833 bits per heavy atom. The van der Waals surface area contributed by atoms with Gasteiger partial charge in [0.15, 0.2) is 0 Å². The zero-order chi connectivity index (χ0) is 8.81. The van der Waals surface area contributed by atoms with Gasteiger partial charge >= 0.3 is 0 Å². The Kier molecular flexibility index (Phi) is 4.72. The molecule has 1 aliphatic carbocycles. The third-order valence-corrected chi connectivity index (χ3v) is 3.18. The Balaban J connectivity index is 1.86. The number of hydrogen-bond donors (Lipinski definition) is 0. The maximum absolute atomic E-state index is 2.30. The van der Waals surface area contributed by atoms with Crippen molar-refractivity contribution in [3.8, 4) is 0 Å². The molecule has 0 aliphatic heterocycles. The van der Waals surface area contributed by atoms with Gasteiger partial charge in [-0.2, -0.15) is 0 Å². The van der Waals surface area contributed by atoms with Crippen LogP contribution in [0.5, 0.6) is 0 Å². The summed E-state index contributed by atoms with van der Waals surface area (Å²) >= 11 is 0. The smallest absolute Gasteiger partial charge is 0.0383 e. The van der Waals surface area contributed by atoms with Crippen molar-refractivity contribution in [1.82, 2.24) is 0 Å². The summed E-state index contributed by atoms with van der Waals surface area (Å²) < 4.78 is 0. The molecule has 0 amide bonds. The van der Waals surface area contributed by atoms with Crippen molar-refractivity contribution in [3.63, 3.8) is 0 Å². The zero-order valence-electron chi connectivity index (χ0n) is 8.81. The molecule has 2 atom stereocenters. The molecule has 0 aromatic carbocycles. The highest BCUT2D eigenvalue weighted by Crippen LogP contribution is 2.45. The second kappa shape index (κ2) is 5.61. The molecule has 1 fully saturated rings. The highest BCUT2D eigenvalue weighted by Gasteiger charge is 2.34. The zero-order valence-corrected chi connectivity index (χ0v) is 8.81. The van der Waals surface area contributed by atoms with Gasteiger partial charge in [0.05, 0.1) is 0 Å². The van der Waals surface area contributed by atoms with E-state index in [1.807, 2.05) is 0 Å². The summed E-state index contributed by atoms with van der Waals surface area (Å²) in [6, 6.07) is 0. The van der Waals surface area contributed by atoms with E-state index in [1.165, 1.54) is 44.9 Å². The monoisotopic (exact) mass is 168 g/mol. The average Bonchev–Trinajstić information content (AvgIpc) is 2.81. The van der Waals surface area contributed by atoms with E-state index in [9.17, 15) is 0 Å². The van der Waals surface area contributed by atoms with E-state index in [0.29, 0.717) is 0 Å². The SMILES string of the molecule is CCCCC[C@H]1C[C@H]1CCCC. The molecule has 0 N–H and O–H groups in total. The molecular formula is C12H24. The van der Waals surface area contributed by atoms with Crippen LogP contribution in [0.2, 0.25) is 0 Å². The Hall–Kier alpha value is 0. The van der Waals surface area contributed by atoms with Crippen LogP contribution < -0.4 is 0 Å². The maximum atomic E-state index is 2.30. The highest BCUT2D eigenvalue weighted by atomic mass is 14.4. The van der Waals surface area contributed by atoms with Gasteiger partial charge in [0, 0.05) is 0 Å². The number of rotatable bonds is 7. The van der Waals surface area contributed by atoms with Crippen molar-refractivity contribution in [3.05, 3.63) is 0 Å². The standard InChI is InChI=1S/C12H24/c1-3-5-7-9-12-10-11(12)8-6-4-2/h11-12H,3-10H2,1-2H3/t11-,12+/m1/s1. The molecule has 1 aliphatic rings. The lowest BCUT2D eigenvalue weighted by Gasteiger charge is -1.98. The lowest BCUT2D eigenvalue weighted by molar-refractivity contribution is 0.548. The molecule has 0 unspecified atom stereocenters. The lowest BCUT2D eigenvalue weighted by atomic mass is 10.1. The van der Waals surface area contributed by atoms with Gasteiger partial charge < -0.3 is 0 Å². The summed E-state index contributed by atoms with van der Waals surface area (Å²) in [7, 11) is 0. The molecule has 0 aromatic heterocycles. The van der Waals surface area contributed by atoms with Crippen LogP contribution in [-0.4, -0.2) is 0 Å². The lowest BCUT2D eigenvalue weighted by Crippen LogP contribution is -1.84. The van der Waals surface area contributed by atoms with Gasteiger partial charge in [-0.1, -0.05) is 58.8 Å².